The molecule has 6 aliphatic rings. The second-order valence-electron chi connectivity index (χ2n) is 15.1. The monoisotopic (exact) mass is 557 g/mol. The van der Waals surface area contributed by atoms with Crippen LogP contribution in [-0.4, -0.2) is 97.2 Å². The highest BCUT2D eigenvalue weighted by Gasteiger charge is 2.65. The Bertz CT molecular complexity index is 946. The summed E-state index contributed by atoms with van der Waals surface area (Å²) in [6.45, 7) is 14.9. The number of piperazine rings is 1. The zero-order valence-electron chi connectivity index (χ0n) is 25.9. The molecule has 0 aromatic rings. The minimum atomic E-state index is -0.124. The summed E-state index contributed by atoms with van der Waals surface area (Å²) in [5.41, 5.74) is 0.346. The largest absolute Gasteiger partial charge is 0.461 e. The van der Waals surface area contributed by atoms with Gasteiger partial charge in [-0.3, -0.25) is 19.4 Å². The van der Waals surface area contributed by atoms with Crippen molar-refractivity contribution in [2.75, 3.05) is 46.3 Å². The van der Waals surface area contributed by atoms with Crippen molar-refractivity contribution >= 4 is 11.9 Å². The van der Waals surface area contributed by atoms with E-state index in [-0.39, 0.29) is 35.0 Å². The average molecular weight is 558 g/mol. The number of nitrogens with zero attached hydrogens (tertiary/aromatic N) is 3. The molecule has 4 saturated carbocycles. The molecule has 0 N–H and O–H groups in total. The van der Waals surface area contributed by atoms with Crippen LogP contribution >= 0.6 is 0 Å². The molecule has 0 aromatic heterocycles. The van der Waals surface area contributed by atoms with Crippen molar-refractivity contribution in [3.05, 3.63) is 0 Å². The number of esters is 2. The predicted octanol–water partition coefficient (Wildman–Crippen LogP) is 4.58. The number of carbonyl (C=O) groups excluding carboxylic acids is 2. The van der Waals surface area contributed by atoms with Gasteiger partial charge in [-0.1, -0.05) is 20.3 Å². The third-order valence-corrected chi connectivity index (χ3v) is 13.1. The van der Waals surface area contributed by atoms with E-state index >= 15 is 0 Å². The van der Waals surface area contributed by atoms with Crippen LogP contribution in [0.5, 0.6) is 0 Å². The number of fused-ring (bicyclic) bond motifs is 5. The third kappa shape index (κ3) is 5.04. The number of likely N-dealkylation sites (N-methyl/N-ethyl adjacent to an activating group) is 1. The quantitative estimate of drug-likeness (QED) is 0.469. The van der Waals surface area contributed by atoms with E-state index in [1.807, 2.05) is 0 Å². The smallest absolute Gasteiger partial charge is 0.302 e. The van der Waals surface area contributed by atoms with Crippen molar-refractivity contribution in [1.82, 2.24) is 14.7 Å². The summed E-state index contributed by atoms with van der Waals surface area (Å²) in [7, 11) is 2.21. The van der Waals surface area contributed by atoms with Gasteiger partial charge in [-0.2, -0.15) is 0 Å². The van der Waals surface area contributed by atoms with Crippen molar-refractivity contribution in [3.8, 4) is 0 Å². The van der Waals surface area contributed by atoms with Crippen molar-refractivity contribution in [1.29, 1.82) is 0 Å². The number of hydrogen-bond acceptors (Lipinski definition) is 7. The van der Waals surface area contributed by atoms with Gasteiger partial charge in [0.2, 0.25) is 0 Å². The van der Waals surface area contributed by atoms with Crippen LogP contribution < -0.4 is 0 Å². The van der Waals surface area contributed by atoms with Crippen LogP contribution in [0.4, 0.5) is 0 Å². The molecule has 0 aromatic carbocycles. The van der Waals surface area contributed by atoms with Gasteiger partial charge in [0.25, 0.3) is 0 Å². The molecule has 10 atom stereocenters. The Balaban J connectivity index is 1.27. The van der Waals surface area contributed by atoms with Gasteiger partial charge >= 0.3 is 11.9 Å². The summed E-state index contributed by atoms with van der Waals surface area (Å²) in [5.74, 6) is 2.41. The Hall–Kier alpha value is -1.18. The van der Waals surface area contributed by atoms with Crippen LogP contribution in [0.15, 0.2) is 0 Å². The Morgan fingerprint density at radius 2 is 1.40 bits per heavy atom. The van der Waals surface area contributed by atoms with Crippen LogP contribution in [0, 0.1) is 34.5 Å². The van der Waals surface area contributed by atoms with Gasteiger partial charge in [0, 0.05) is 57.5 Å². The van der Waals surface area contributed by atoms with Crippen molar-refractivity contribution < 1.29 is 19.1 Å². The normalized spacial score (nSPS) is 46.6. The zero-order valence-corrected chi connectivity index (χ0v) is 25.9. The molecule has 0 unspecified atom stereocenters. The van der Waals surface area contributed by atoms with Crippen molar-refractivity contribution in [3.63, 3.8) is 0 Å². The number of carbonyl (C=O) groups is 2. The van der Waals surface area contributed by atoms with Crippen molar-refractivity contribution in [2.45, 2.75) is 116 Å². The fourth-order valence-electron chi connectivity index (χ4n) is 11.1. The number of ether oxygens (including phenoxy) is 2. The fraction of sp³-hybridized carbons (Fsp3) is 0.939. The van der Waals surface area contributed by atoms with E-state index in [2.05, 4.69) is 35.6 Å². The summed E-state index contributed by atoms with van der Waals surface area (Å²) in [6, 6.07) is 0.700. The molecule has 2 aliphatic heterocycles. The highest BCUT2D eigenvalue weighted by atomic mass is 16.5. The molecule has 7 nitrogen and oxygen atoms in total. The first-order valence-electron chi connectivity index (χ1n) is 16.6. The predicted molar refractivity (Wildman–Crippen MR) is 156 cm³/mol. The van der Waals surface area contributed by atoms with Crippen LogP contribution in [-0.2, 0) is 19.1 Å². The number of rotatable bonds is 4. The summed E-state index contributed by atoms with van der Waals surface area (Å²) >= 11 is 0. The number of likely N-dealkylation sites (tertiary alicyclic amines) is 1. The molecule has 226 valence electrons. The fourth-order valence-corrected chi connectivity index (χ4v) is 11.1. The first-order valence-corrected chi connectivity index (χ1v) is 16.6. The van der Waals surface area contributed by atoms with Crippen LogP contribution in [0.25, 0.3) is 0 Å². The molecule has 2 heterocycles. The first kappa shape index (κ1) is 28.9. The molecule has 40 heavy (non-hydrogen) atoms. The maximum absolute atomic E-state index is 12.4. The molecule has 0 bridgehead atoms. The third-order valence-electron chi connectivity index (χ3n) is 13.1. The SMILES string of the molecule is CC(=O)O[C@H]1C[C@@H]2CC[C@@H]3[C@H](CC[C@@]4(C)[C@H]3C[C@H](N3CCCCC3)[C@@H]4OC(C)=O)[C@@]2(C)C[C@@H]1N1CCN(C)CC1. The van der Waals surface area contributed by atoms with Gasteiger partial charge in [0.1, 0.15) is 12.2 Å². The van der Waals surface area contributed by atoms with Crippen LogP contribution in [0.1, 0.15) is 91.9 Å². The summed E-state index contributed by atoms with van der Waals surface area (Å²) in [4.78, 5) is 32.4. The second kappa shape index (κ2) is 11.1. The Morgan fingerprint density at radius 3 is 2.08 bits per heavy atom. The zero-order chi connectivity index (χ0) is 28.2. The number of piperidine rings is 1. The topological polar surface area (TPSA) is 62.3 Å². The van der Waals surface area contributed by atoms with Gasteiger partial charge in [0.15, 0.2) is 0 Å². The molecule has 0 radical (unpaired) electrons. The van der Waals surface area contributed by atoms with E-state index in [0.29, 0.717) is 35.8 Å². The van der Waals surface area contributed by atoms with Gasteiger partial charge in [-0.15, -0.1) is 0 Å². The molecule has 7 heteroatoms. The summed E-state index contributed by atoms with van der Waals surface area (Å²) in [5, 5.41) is 0. The molecular weight excluding hydrogens is 502 g/mol. The second-order valence-corrected chi connectivity index (χ2v) is 15.1. The van der Waals surface area contributed by atoms with E-state index < -0.39 is 0 Å². The Labute approximate surface area is 242 Å². The standard InChI is InChI=1S/C33H55N3O4/c1-22(37)39-30-19-24-9-10-25-26(33(24,4)21-29(30)36-17-15-34(5)16-18-36)11-12-32(3)27(25)20-28(31(32)40-23(2)38)35-13-7-6-8-14-35/h24-31H,6-21H2,1-5H3/t24-,25+,26-,27-,28-,29-,30-,31-,32-,33-/m0/s1. The Kier molecular flexibility index (Phi) is 8.06. The van der Waals surface area contributed by atoms with E-state index in [0.717, 1.165) is 58.5 Å². The first-order chi connectivity index (χ1) is 19.1. The molecular formula is C33H55N3O4. The molecule has 0 amide bonds. The van der Waals surface area contributed by atoms with E-state index in [9.17, 15) is 9.59 Å². The maximum atomic E-state index is 12.4. The maximum Gasteiger partial charge on any atom is 0.302 e. The lowest BCUT2D eigenvalue weighted by atomic mass is 9.44. The van der Waals surface area contributed by atoms with Gasteiger partial charge < -0.3 is 14.4 Å². The van der Waals surface area contributed by atoms with E-state index in [4.69, 9.17) is 9.47 Å². The van der Waals surface area contributed by atoms with Crippen LogP contribution in [0.3, 0.4) is 0 Å². The van der Waals surface area contributed by atoms with Crippen LogP contribution in [0.2, 0.25) is 0 Å². The van der Waals surface area contributed by atoms with Gasteiger partial charge in [-0.25, -0.2) is 0 Å². The highest BCUT2D eigenvalue weighted by Crippen LogP contribution is 2.67. The lowest BCUT2D eigenvalue weighted by molar-refractivity contribution is -0.180. The van der Waals surface area contributed by atoms with Gasteiger partial charge in [0.05, 0.1) is 0 Å². The molecule has 6 rings (SSSR count). The van der Waals surface area contributed by atoms with Gasteiger partial charge in [-0.05, 0) is 107 Å². The van der Waals surface area contributed by atoms with E-state index in [1.165, 1.54) is 44.9 Å². The van der Waals surface area contributed by atoms with Crippen molar-refractivity contribution in [2.24, 2.45) is 34.5 Å². The Morgan fingerprint density at radius 1 is 0.725 bits per heavy atom. The van der Waals surface area contributed by atoms with E-state index in [1.54, 1.807) is 13.8 Å². The molecule has 6 fully saturated rings. The average Bonchev–Trinajstić information content (AvgIpc) is 3.21. The summed E-state index contributed by atoms with van der Waals surface area (Å²) in [6.07, 6.45) is 12.2. The molecule has 0 spiro atoms. The summed E-state index contributed by atoms with van der Waals surface area (Å²) < 4.78 is 12.4. The lowest BCUT2D eigenvalue weighted by Gasteiger charge is -2.62. The minimum absolute atomic E-state index is 0.0210. The lowest BCUT2D eigenvalue weighted by Crippen LogP contribution is -2.62. The molecule has 2 saturated heterocycles. The molecule has 4 aliphatic carbocycles. The number of hydrogen-bond donors (Lipinski definition) is 0. The minimum Gasteiger partial charge on any atom is -0.461 e. The highest BCUT2D eigenvalue weighted by molar-refractivity contribution is 5.66.